The molecule has 14 heavy (non-hydrogen) atoms. The number of aldehydes is 1. The summed E-state index contributed by atoms with van der Waals surface area (Å²) in [6.45, 7) is 1.84. The third kappa shape index (κ3) is 1.39. The first-order valence-corrected chi connectivity index (χ1v) is 4.00. The molecule has 0 aromatic carbocycles. The van der Waals surface area contributed by atoms with Gasteiger partial charge in [0.1, 0.15) is 12.0 Å². The second-order valence-corrected chi connectivity index (χ2v) is 2.77. The number of aromatic nitrogens is 3. The van der Waals surface area contributed by atoms with E-state index >= 15 is 0 Å². The molecule has 0 fully saturated rings. The molecular weight excluding hydrogens is 182 g/mol. The topological polar surface area (TPSA) is 68.9 Å². The molecule has 5 nitrogen and oxygen atoms in total. The summed E-state index contributed by atoms with van der Waals surface area (Å²) in [6.07, 6.45) is 3.46. The summed E-state index contributed by atoms with van der Waals surface area (Å²) < 4.78 is 4.93. The molecule has 0 aliphatic rings. The first-order valence-electron chi connectivity index (χ1n) is 4.00. The molecule has 0 aliphatic carbocycles. The Morgan fingerprint density at radius 2 is 2.29 bits per heavy atom. The van der Waals surface area contributed by atoms with Gasteiger partial charge in [0.25, 0.3) is 0 Å². The van der Waals surface area contributed by atoms with Gasteiger partial charge in [0.05, 0.1) is 11.8 Å². The summed E-state index contributed by atoms with van der Waals surface area (Å²) >= 11 is 0. The Labute approximate surface area is 79.8 Å². The molecule has 0 amide bonds. The molecule has 0 unspecified atom stereocenters. The summed E-state index contributed by atoms with van der Waals surface area (Å²) in [4.78, 5) is 18.5. The van der Waals surface area contributed by atoms with Crippen LogP contribution in [0.25, 0.3) is 11.5 Å². The number of carbonyl (C=O) groups is 1. The van der Waals surface area contributed by atoms with Gasteiger partial charge in [0.2, 0.25) is 0 Å². The smallest absolute Gasteiger partial charge is 0.195 e. The fraction of sp³-hybridized carbons (Fsp3) is 0.111. The standard InChI is InChI=1S/C9H7N3O2/c1-6-2-8(11-5-10-6)9-7(4-13)3-12-14-9/h2-5H,1H3. The molecule has 0 bridgehead atoms. The van der Waals surface area contributed by atoms with Crippen molar-refractivity contribution in [3.05, 3.63) is 29.8 Å². The molecule has 0 N–H and O–H groups in total. The van der Waals surface area contributed by atoms with E-state index in [1.54, 1.807) is 6.07 Å². The largest absolute Gasteiger partial charge is 0.354 e. The molecule has 2 heterocycles. The number of aryl methyl sites for hydroxylation is 1. The van der Waals surface area contributed by atoms with Crippen molar-refractivity contribution in [1.29, 1.82) is 0 Å². The molecule has 0 radical (unpaired) electrons. The van der Waals surface area contributed by atoms with Gasteiger partial charge >= 0.3 is 0 Å². The van der Waals surface area contributed by atoms with Crippen LogP contribution >= 0.6 is 0 Å². The Balaban J connectivity index is 2.54. The van der Waals surface area contributed by atoms with Gasteiger partial charge in [-0.1, -0.05) is 5.16 Å². The minimum Gasteiger partial charge on any atom is -0.354 e. The van der Waals surface area contributed by atoms with Crippen molar-refractivity contribution in [3.63, 3.8) is 0 Å². The second-order valence-electron chi connectivity index (χ2n) is 2.77. The average molecular weight is 189 g/mol. The minimum absolute atomic E-state index is 0.380. The van der Waals surface area contributed by atoms with E-state index in [4.69, 9.17) is 4.52 Å². The lowest BCUT2D eigenvalue weighted by Crippen LogP contribution is -1.89. The van der Waals surface area contributed by atoms with Crippen LogP contribution in [0.3, 0.4) is 0 Å². The predicted molar refractivity (Wildman–Crippen MR) is 47.7 cm³/mol. The highest BCUT2D eigenvalue weighted by Gasteiger charge is 2.11. The number of nitrogens with zero attached hydrogens (tertiary/aromatic N) is 3. The number of hydrogen-bond donors (Lipinski definition) is 0. The molecule has 0 aliphatic heterocycles. The quantitative estimate of drug-likeness (QED) is 0.665. The van der Waals surface area contributed by atoms with Gasteiger partial charge in [0, 0.05) is 5.69 Å². The van der Waals surface area contributed by atoms with E-state index in [9.17, 15) is 4.79 Å². The van der Waals surface area contributed by atoms with E-state index in [0.717, 1.165) is 5.69 Å². The van der Waals surface area contributed by atoms with E-state index in [2.05, 4.69) is 15.1 Å². The maximum Gasteiger partial charge on any atom is 0.195 e. The normalized spacial score (nSPS) is 10.1. The van der Waals surface area contributed by atoms with Crippen LogP contribution in [-0.4, -0.2) is 21.4 Å². The number of carbonyl (C=O) groups excluding carboxylic acids is 1. The highest BCUT2D eigenvalue weighted by atomic mass is 16.5. The molecule has 0 spiro atoms. The molecule has 2 rings (SSSR count). The van der Waals surface area contributed by atoms with Crippen molar-refractivity contribution in [2.24, 2.45) is 0 Å². The van der Waals surface area contributed by atoms with Gasteiger partial charge < -0.3 is 4.52 Å². The van der Waals surface area contributed by atoms with Gasteiger partial charge in [-0.05, 0) is 13.0 Å². The van der Waals surface area contributed by atoms with Gasteiger partial charge in [-0.2, -0.15) is 0 Å². The zero-order valence-corrected chi connectivity index (χ0v) is 7.47. The van der Waals surface area contributed by atoms with Gasteiger partial charge in [-0.25, -0.2) is 9.97 Å². The van der Waals surface area contributed by atoms with Crippen molar-refractivity contribution in [3.8, 4) is 11.5 Å². The molecule has 5 heteroatoms. The zero-order chi connectivity index (χ0) is 9.97. The van der Waals surface area contributed by atoms with E-state index in [1.807, 2.05) is 6.92 Å². The third-order valence-corrected chi connectivity index (χ3v) is 1.76. The monoisotopic (exact) mass is 189 g/mol. The summed E-state index contributed by atoms with van der Waals surface area (Å²) in [6, 6.07) is 1.73. The number of hydrogen-bond acceptors (Lipinski definition) is 5. The van der Waals surface area contributed by atoms with Crippen molar-refractivity contribution in [2.75, 3.05) is 0 Å². The lowest BCUT2D eigenvalue weighted by Gasteiger charge is -1.95. The van der Waals surface area contributed by atoms with Crippen molar-refractivity contribution >= 4 is 6.29 Å². The van der Waals surface area contributed by atoms with E-state index in [-0.39, 0.29) is 0 Å². The van der Waals surface area contributed by atoms with Crippen molar-refractivity contribution < 1.29 is 9.32 Å². The molecule has 70 valence electrons. The van der Waals surface area contributed by atoms with Crippen LogP contribution in [0.4, 0.5) is 0 Å². The molecule has 2 aromatic rings. The van der Waals surface area contributed by atoms with Crippen LogP contribution in [0.1, 0.15) is 16.1 Å². The Kier molecular flexibility index (Phi) is 2.06. The Hall–Kier alpha value is -2.04. The van der Waals surface area contributed by atoms with E-state index in [1.165, 1.54) is 12.5 Å². The van der Waals surface area contributed by atoms with E-state index < -0.39 is 0 Å². The summed E-state index contributed by atoms with van der Waals surface area (Å²) in [5.74, 6) is 0.380. The van der Waals surface area contributed by atoms with Crippen LogP contribution in [0.2, 0.25) is 0 Å². The first kappa shape index (κ1) is 8.55. The van der Waals surface area contributed by atoms with Crippen LogP contribution in [0.15, 0.2) is 23.1 Å². The molecule has 0 saturated carbocycles. The highest BCUT2D eigenvalue weighted by molar-refractivity contribution is 5.83. The van der Waals surface area contributed by atoms with Gasteiger partial charge in [0.15, 0.2) is 12.0 Å². The average Bonchev–Trinajstić information content (AvgIpc) is 2.65. The van der Waals surface area contributed by atoms with Crippen LogP contribution in [0.5, 0.6) is 0 Å². The summed E-state index contributed by atoms with van der Waals surface area (Å²) in [5.41, 5.74) is 1.77. The van der Waals surface area contributed by atoms with Crippen LogP contribution in [-0.2, 0) is 0 Å². The summed E-state index contributed by atoms with van der Waals surface area (Å²) in [7, 11) is 0. The fourth-order valence-corrected chi connectivity index (χ4v) is 1.10. The highest BCUT2D eigenvalue weighted by Crippen LogP contribution is 2.19. The van der Waals surface area contributed by atoms with Crippen molar-refractivity contribution in [1.82, 2.24) is 15.1 Å². The Bertz CT molecular complexity index is 465. The van der Waals surface area contributed by atoms with Gasteiger partial charge in [-0.15, -0.1) is 0 Å². The van der Waals surface area contributed by atoms with Crippen LogP contribution in [0, 0.1) is 6.92 Å². The lowest BCUT2D eigenvalue weighted by atomic mass is 10.2. The fourth-order valence-electron chi connectivity index (χ4n) is 1.10. The maximum absolute atomic E-state index is 10.6. The Morgan fingerprint density at radius 1 is 1.43 bits per heavy atom. The minimum atomic E-state index is 0.380. The van der Waals surface area contributed by atoms with E-state index in [0.29, 0.717) is 23.3 Å². The third-order valence-electron chi connectivity index (χ3n) is 1.76. The predicted octanol–water partition coefficient (Wildman–Crippen LogP) is 1.25. The maximum atomic E-state index is 10.6. The first-order chi connectivity index (χ1) is 6.81. The molecular formula is C9H7N3O2. The van der Waals surface area contributed by atoms with Crippen molar-refractivity contribution in [2.45, 2.75) is 6.92 Å². The number of rotatable bonds is 2. The second kappa shape index (κ2) is 3.37. The molecule has 2 aromatic heterocycles. The molecule has 0 atom stereocenters. The van der Waals surface area contributed by atoms with Gasteiger partial charge in [-0.3, -0.25) is 4.79 Å². The van der Waals surface area contributed by atoms with Crippen LogP contribution < -0.4 is 0 Å². The zero-order valence-electron chi connectivity index (χ0n) is 7.47. The SMILES string of the molecule is Cc1cc(-c2oncc2C=O)ncn1. The lowest BCUT2D eigenvalue weighted by molar-refractivity contribution is 0.112. The Morgan fingerprint density at radius 3 is 3.00 bits per heavy atom. The summed E-state index contributed by atoms with van der Waals surface area (Å²) in [5, 5.41) is 3.53. The molecule has 0 saturated heterocycles.